The number of aliphatic hydroxyl groups is 1. The molecule has 0 bridgehead atoms. The number of amides is 2. The molecule has 0 radical (unpaired) electrons. The number of benzene rings is 1. The first-order chi connectivity index (χ1) is 7.89. The Morgan fingerprint density at radius 3 is 2.41 bits per heavy atom. The highest BCUT2D eigenvalue weighted by molar-refractivity contribution is 5.74. The van der Waals surface area contributed by atoms with Crippen molar-refractivity contribution in [1.29, 1.82) is 0 Å². The molecule has 0 spiro atoms. The largest absolute Gasteiger partial charge is 0.433 e. The van der Waals surface area contributed by atoms with Gasteiger partial charge in [-0.2, -0.15) is 13.2 Å². The molecule has 0 aliphatic rings. The van der Waals surface area contributed by atoms with Crippen LogP contribution in [0.2, 0.25) is 0 Å². The highest BCUT2D eigenvalue weighted by atomic mass is 19.4. The second kappa shape index (κ2) is 5.53. The molecule has 7 heteroatoms. The molecule has 0 saturated carbocycles. The topological polar surface area (TPSA) is 61.4 Å². The van der Waals surface area contributed by atoms with Gasteiger partial charge in [-0.25, -0.2) is 4.79 Å². The number of halogens is 3. The Morgan fingerprint density at radius 1 is 1.29 bits per heavy atom. The number of rotatable bonds is 3. The monoisotopic (exact) mass is 248 g/mol. The Kier molecular flexibility index (Phi) is 4.33. The minimum atomic E-state index is -4.87. The molecule has 1 aromatic rings. The lowest BCUT2D eigenvalue weighted by molar-refractivity contribution is -0.209. The smallest absolute Gasteiger partial charge is 0.366 e. The average molecular weight is 248 g/mol. The Hall–Kier alpha value is -1.76. The summed E-state index contributed by atoms with van der Waals surface area (Å²) in [5.74, 6) is 0. The van der Waals surface area contributed by atoms with E-state index in [-0.39, 0.29) is 6.54 Å². The standard InChI is InChI=1S/C10H11F3N2O2/c11-10(12,13)8(16)15-9(17)14-6-7-4-2-1-3-5-7/h1-5,8,16H,6H2,(H2,14,15,17). The van der Waals surface area contributed by atoms with Crippen molar-refractivity contribution in [2.75, 3.05) is 0 Å². The minimum Gasteiger partial charge on any atom is -0.366 e. The van der Waals surface area contributed by atoms with Crippen molar-refractivity contribution >= 4 is 6.03 Å². The molecule has 0 fully saturated rings. The van der Waals surface area contributed by atoms with Crippen LogP contribution in [0.4, 0.5) is 18.0 Å². The van der Waals surface area contributed by atoms with E-state index >= 15 is 0 Å². The van der Waals surface area contributed by atoms with Gasteiger partial charge in [0.05, 0.1) is 0 Å². The molecule has 1 rings (SSSR count). The first-order valence-corrected chi connectivity index (χ1v) is 4.72. The SMILES string of the molecule is O=C(NCc1ccccc1)NC(O)C(F)(F)F. The molecular weight excluding hydrogens is 237 g/mol. The van der Waals surface area contributed by atoms with Crippen LogP contribution in [0.3, 0.4) is 0 Å². The molecule has 3 N–H and O–H groups in total. The van der Waals surface area contributed by atoms with Gasteiger partial charge < -0.3 is 15.7 Å². The Morgan fingerprint density at radius 2 is 1.88 bits per heavy atom. The number of hydrogen-bond acceptors (Lipinski definition) is 2. The van der Waals surface area contributed by atoms with Crippen molar-refractivity contribution in [3.63, 3.8) is 0 Å². The van der Waals surface area contributed by atoms with Crippen LogP contribution >= 0.6 is 0 Å². The number of alkyl halides is 3. The predicted molar refractivity (Wildman–Crippen MR) is 53.9 cm³/mol. The fourth-order valence-electron chi connectivity index (χ4n) is 1.04. The summed E-state index contributed by atoms with van der Waals surface area (Å²) >= 11 is 0. The van der Waals surface area contributed by atoms with E-state index in [1.165, 1.54) is 5.32 Å². The maximum absolute atomic E-state index is 11.9. The maximum atomic E-state index is 11.9. The highest BCUT2D eigenvalue weighted by Gasteiger charge is 2.39. The van der Waals surface area contributed by atoms with Crippen molar-refractivity contribution in [2.45, 2.75) is 18.9 Å². The second-order valence-corrected chi connectivity index (χ2v) is 3.26. The summed E-state index contributed by atoms with van der Waals surface area (Å²) in [6.07, 6.45) is -7.73. The fraction of sp³-hybridized carbons (Fsp3) is 0.300. The van der Waals surface area contributed by atoms with Crippen LogP contribution in [0.1, 0.15) is 5.56 Å². The highest BCUT2D eigenvalue weighted by Crippen LogP contribution is 2.17. The number of carbonyl (C=O) groups excluding carboxylic acids is 1. The van der Waals surface area contributed by atoms with Crippen LogP contribution in [-0.4, -0.2) is 23.5 Å². The first-order valence-electron chi connectivity index (χ1n) is 4.72. The Bertz CT molecular complexity index is 368. The van der Waals surface area contributed by atoms with Crippen molar-refractivity contribution in [2.24, 2.45) is 0 Å². The molecule has 0 saturated heterocycles. The van der Waals surface area contributed by atoms with E-state index in [2.05, 4.69) is 5.32 Å². The number of carbonyl (C=O) groups is 1. The molecule has 0 aliphatic heterocycles. The van der Waals surface area contributed by atoms with Gasteiger partial charge in [-0.15, -0.1) is 0 Å². The van der Waals surface area contributed by atoms with E-state index < -0.39 is 18.4 Å². The van der Waals surface area contributed by atoms with E-state index in [0.29, 0.717) is 0 Å². The second-order valence-electron chi connectivity index (χ2n) is 3.26. The van der Waals surface area contributed by atoms with E-state index in [1.807, 2.05) is 0 Å². The summed E-state index contributed by atoms with van der Waals surface area (Å²) in [5.41, 5.74) is 0.740. The van der Waals surface area contributed by atoms with Crippen molar-refractivity contribution < 1.29 is 23.1 Å². The van der Waals surface area contributed by atoms with Crippen molar-refractivity contribution in [3.05, 3.63) is 35.9 Å². The van der Waals surface area contributed by atoms with Gasteiger partial charge in [0.1, 0.15) is 0 Å². The van der Waals surface area contributed by atoms with Gasteiger partial charge >= 0.3 is 12.2 Å². The lowest BCUT2D eigenvalue weighted by atomic mass is 10.2. The zero-order valence-corrected chi connectivity index (χ0v) is 8.66. The Labute approximate surface area is 95.4 Å². The zero-order chi connectivity index (χ0) is 12.9. The molecule has 0 aromatic heterocycles. The van der Waals surface area contributed by atoms with E-state index in [9.17, 15) is 18.0 Å². The minimum absolute atomic E-state index is 0.0806. The number of aliphatic hydroxyl groups excluding tert-OH is 1. The van der Waals surface area contributed by atoms with Gasteiger partial charge in [-0.1, -0.05) is 30.3 Å². The average Bonchev–Trinajstić information content (AvgIpc) is 2.26. The summed E-state index contributed by atoms with van der Waals surface area (Å²) in [6, 6.07) is 7.58. The Balaban J connectivity index is 2.36. The molecule has 0 heterocycles. The van der Waals surface area contributed by atoms with E-state index in [4.69, 9.17) is 5.11 Å². The van der Waals surface area contributed by atoms with Gasteiger partial charge in [0.15, 0.2) is 0 Å². The van der Waals surface area contributed by atoms with Crippen molar-refractivity contribution in [1.82, 2.24) is 10.6 Å². The predicted octanol–water partition coefficient (Wildman–Crippen LogP) is 1.37. The number of urea groups is 1. The molecule has 1 atom stereocenters. The third-order valence-electron chi connectivity index (χ3n) is 1.87. The normalized spacial score (nSPS) is 12.9. The molecule has 94 valence electrons. The van der Waals surface area contributed by atoms with Gasteiger partial charge in [0.2, 0.25) is 6.23 Å². The molecule has 2 amide bonds. The van der Waals surface area contributed by atoms with E-state index in [0.717, 1.165) is 5.56 Å². The fourth-order valence-corrected chi connectivity index (χ4v) is 1.04. The summed E-state index contributed by atoms with van der Waals surface area (Å²) in [5, 5.41) is 12.1. The van der Waals surface area contributed by atoms with Crippen LogP contribution in [0.15, 0.2) is 30.3 Å². The van der Waals surface area contributed by atoms with Gasteiger partial charge in [0.25, 0.3) is 0 Å². The molecular formula is C10H11F3N2O2. The summed E-state index contributed by atoms with van der Waals surface area (Å²) in [7, 11) is 0. The zero-order valence-electron chi connectivity index (χ0n) is 8.66. The molecule has 1 aromatic carbocycles. The quantitative estimate of drug-likeness (QED) is 0.707. The summed E-state index contributed by atoms with van der Waals surface area (Å²) in [6.45, 7) is 0.0806. The van der Waals surface area contributed by atoms with Crippen molar-refractivity contribution in [3.8, 4) is 0 Å². The summed E-state index contributed by atoms with van der Waals surface area (Å²) < 4.78 is 35.6. The van der Waals surface area contributed by atoms with Crippen LogP contribution in [0.5, 0.6) is 0 Å². The van der Waals surface area contributed by atoms with Crippen LogP contribution < -0.4 is 10.6 Å². The third-order valence-corrected chi connectivity index (χ3v) is 1.87. The molecule has 1 unspecified atom stereocenters. The third kappa shape index (κ3) is 4.73. The number of nitrogens with one attached hydrogen (secondary N) is 2. The number of hydrogen-bond donors (Lipinski definition) is 3. The van der Waals surface area contributed by atoms with Gasteiger partial charge in [-0.05, 0) is 5.56 Å². The van der Waals surface area contributed by atoms with Crippen LogP contribution in [0, 0.1) is 0 Å². The maximum Gasteiger partial charge on any atom is 0.433 e. The van der Waals surface area contributed by atoms with Gasteiger partial charge in [-0.3, -0.25) is 0 Å². The lowest BCUT2D eigenvalue weighted by Gasteiger charge is -2.16. The molecule has 0 aliphatic carbocycles. The first kappa shape index (κ1) is 13.3. The molecule has 17 heavy (non-hydrogen) atoms. The summed E-state index contributed by atoms with van der Waals surface area (Å²) in [4.78, 5) is 11.0. The van der Waals surface area contributed by atoms with Crippen LogP contribution in [-0.2, 0) is 6.54 Å². The van der Waals surface area contributed by atoms with E-state index in [1.54, 1.807) is 30.3 Å². The van der Waals surface area contributed by atoms with Crippen LogP contribution in [0.25, 0.3) is 0 Å². The van der Waals surface area contributed by atoms with Gasteiger partial charge in [0, 0.05) is 6.54 Å². The molecule has 4 nitrogen and oxygen atoms in total. The lowest BCUT2D eigenvalue weighted by Crippen LogP contribution is -2.49.